The molecule has 25 heavy (non-hydrogen) atoms. The zero-order valence-corrected chi connectivity index (χ0v) is 15.7. The highest BCUT2D eigenvalue weighted by molar-refractivity contribution is 5.79. The van der Waals surface area contributed by atoms with Crippen LogP contribution in [0.15, 0.2) is 35.8 Å². The first-order valence-corrected chi connectivity index (χ1v) is 8.74. The van der Waals surface area contributed by atoms with E-state index in [0.717, 1.165) is 32.0 Å². The van der Waals surface area contributed by atoms with Gasteiger partial charge in [-0.05, 0) is 33.5 Å². The molecule has 0 bridgehead atoms. The predicted octanol–water partition coefficient (Wildman–Crippen LogP) is 0.865. The van der Waals surface area contributed by atoms with Gasteiger partial charge in [0.05, 0.1) is 18.8 Å². The van der Waals surface area contributed by atoms with Gasteiger partial charge in [-0.1, -0.05) is 0 Å². The molecular formula is C17H30N8. The smallest absolute Gasteiger partial charge is 0.191 e. The molecule has 0 fully saturated rings. The molecule has 138 valence electrons. The van der Waals surface area contributed by atoms with Gasteiger partial charge in [0.1, 0.15) is 0 Å². The predicted molar refractivity (Wildman–Crippen MR) is 100 cm³/mol. The number of hydrogen-bond donors (Lipinski definition) is 2. The third kappa shape index (κ3) is 6.22. The molecule has 2 aromatic rings. The summed E-state index contributed by atoms with van der Waals surface area (Å²) in [4.78, 5) is 6.92. The molecule has 0 saturated heterocycles. The van der Waals surface area contributed by atoms with E-state index in [1.807, 2.05) is 41.1 Å². The molecular weight excluding hydrogens is 316 g/mol. The molecule has 2 rings (SSSR count). The van der Waals surface area contributed by atoms with Crippen molar-refractivity contribution >= 4 is 5.96 Å². The molecule has 2 aromatic heterocycles. The second-order valence-corrected chi connectivity index (χ2v) is 6.20. The van der Waals surface area contributed by atoms with Gasteiger partial charge in [-0.25, -0.2) is 0 Å². The van der Waals surface area contributed by atoms with Crippen LogP contribution in [-0.4, -0.2) is 64.2 Å². The van der Waals surface area contributed by atoms with Crippen LogP contribution in [0, 0.1) is 0 Å². The minimum Gasteiger partial charge on any atom is -0.357 e. The van der Waals surface area contributed by atoms with Crippen molar-refractivity contribution in [2.75, 3.05) is 33.7 Å². The maximum absolute atomic E-state index is 4.75. The van der Waals surface area contributed by atoms with Gasteiger partial charge in [-0.15, -0.1) is 0 Å². The summed E-state index contributed by atoms with van der Waals surface area (Å²) < 4.78 is 3.77. The fourth-order valence-electron chi connectivity index (χ4n) is 2.58. The monoisotopic (exact) mass is 346 g/mol. The van der Waals surface area contributed by atoms with E-state index in [1.54, 1.807) is 6.20 Å². The van der Waals surface area contributed by atoms with E-state index in [9.17, 15) is 0 Å². The summed E-state index contributed by atoms with van der Waals surface area (Å²) in [6.45, 7) is 5.34. The lowest BCUT2D eigenvalue weighted by atomic mass is 10.1. The largest absolute Gasteiger partial charge is 0.357 e. The zero-order valence-electron chi connectivity index (χ0n) is 15.7. The Morgan fingerprint density at radius 2 is 2.16 bits per heavy atom. The lowest BCUT2D eigenvalue weighted by molar-refractivity contribution is 0.306. The number of hydrogen-bond acceptors (Lipinski definition) is 4. The second-order valence-electron chi connectivity index (χ2n) is 6.20. The normalized spacial score (nSPS) is 13.2. The van der Waals surface area contributed by atoms with E-state index >= 15 is 0 Å². The molecule has 8 heteroatoms. The summed E-state index contributed by atoms with van der Waals surface area (Å²) in [6.07, 6.45) is 8.73. The Hall–Kier alpha value is -2.35. The SMILES string of the molecule is CCNC(=NCC(c1cnn(C)c1)N(C)C)NCCCn1cccn1. The lowest BCUT2D eigenvalue weighted by Crippen LogP contribution is -2.38. The van der Waals surface area contributed by atoms with Crippen LogP contribution in [0.3, 0.4) is 0 Å². The molecule has 0 aliphatic heterocycles. The summed E-state index contributed by atoms with van der Waals surface area (Å²) in [5, 5.41) is 15.2. The number of aromatic nitrogens is 4. The number of aliphatic imine (C=N–C) groups is 1. The molecule has 2 heterocycles. The van der Waals surface area contributed by atoms with Crippen molar-refractivity contribution in [1.82, 2.24) is 35.1 Å². The zero-order chi connectivity index (χ0) is 18.1. The van der Waals surface area contributed by atoms with E-state index in [-0.39, 0.29) is 6.04 Å². The highest BCUT2D eigenvalue weighted by Crippen LogP contribution is 2.17. The minimum absolute atomic E-state index is 0.202. The maximum Gasteiger partial charge on any atom is 0.191 e. The first-order valence-electron chi connectivity index (χ1n) is 8.74. The summed E-state index contributed by atoms with van der Waals surface area (Å²) in [6, 6.07) is 2.15. The van der Waals surface area contributed by atoms with Crippen molar-refractivity contribution in [1.29, 1.82) is 0 Å². The Balaban J connectivity index is 1.87. The van der Waals surface area contributed by atoms with Crippen LogP contribution in [0.25, 0.3) is 0 Å². The molecule has 0 spiro atoms. The third-order valence-electron chi connectivity index (χ3n) is 3.92. The van der Waals surface area contributed by atoms with Crippen LogP contribution >= 0.6 is 0 Å². The van der Waals surface area contributed by atoms with Crippen LogP contribution in [-0.2, 0) is 13.6 Å². The van der Waals surface area contributed by atoms with Gasteiger partial charge in [0.2, 0.25) is 0 Å². The molecule has 0 aliphatic carbocycles. The Morgan fingerprint density at radius 3 is 2.76 bits per heavy atom. The summed E-state index contributed by atoms with van der Waals surface area (Å²) >= 11 is 0. The third-order valence-corrected chi connectivity index (χ3v) is 3.92. The van der Waals surface area contributed by atoms with Gasteiger partial charge < -0.3 is 15.5 Å². The summed E-state index contributed by atoms with van der Waals surface area (Å²) in [5.41, 5.74) is 1.17. The average molecular weight is 346 g/mol. The fraction of sp³-hybridized carbons (Fsp3) is 0.588. The van der Waals surface area contributed by atoms with E-state index in [2.05, 4.69) is 46.7 Å². The van der Waals surface area contributed by atoms with E-state index in [1.165, 1.54) is 5.56 Å². The molecule has 0 aromatic carbocycles. The van der Waals surface area contributed by atoms with Crippen LogP contribution < -0.4 is 10.6 Å². The molecule has 0 amide bonds. The number of guanidine groups is 1. The van der Waals surface area contributed by atoms with Crippen molar-refractivity contribution in [3.63, 3.8) is 0 Å². The van der Waals surface area contributed by atoms with Gasteiger partial charge >= 0.3 is 0 Å². The molecule has 1 atom stereocenters. The quantitative estimate of drug-likeness (QED) is 0.400. The van der Waals surface area contributed by atoms with E-state index in [4.69, 9.17) is 4.99 Å². The molecule has 0 saturated carbocycles. The van der Waals surface area contributed by atoms with Crippen LogP contribution in [0.5, 0.6) is 0 Å². The molecule has 0 aliphatic rings. The highest BCUT2D eigenvalue weighted by Gasteiger charge is 2.15. The Morgan fingerprint density at radius 1 is 1.32 bits per heavy atom. The van der Waals surface area contributed by atoms with Crippen molar-refractivity contribution in [2.45, 2.75) is 25.9 Å². The molecule has 2 N–H and O–H groups in total. The number of nitrogens with zero attached hydrogens (tertiary/aromatic N) is 6. The first-order chi connectivity index (χ1) is 12.1. The van der Waals surface area contributed by atoms with Gasteiger partial charge in [-0.3, -0.25) is 14.4 Å². The number of aryl methyl sites for hydroxylation is 2. The second kappa shape index (κ2) is 9.83. The molecule has 1 unspecified atom stereocenters. The van der Waals surface area contributed by atoms with Crippen LogP contribution in [0.1, 0.15) is 24.9 Å². The molecule has 0 radical (unpaired) electrons. The standard InChI is InChI=1S/C17H30N8/c1-5-18-17(19-8-6-10-25-11-7-9-21-25)20-13-16(23(2)3)15-12-22-24(4)14-15/h7,9,11-12,14,16H,5-6,8,10,13H2,1-4H3,(H2,18,19,20). The Bertz CT molecular complexity index is 629. The van der Waals surface area contributed by atoms with Crippen molar-refractivity contribution in [3.05, 3.63) is 36.4 Å². The topological polar surface area (TPSA) is 75.3 Å². The van der Waals surface area contributed by atoms with E-state index < -0.39 is 0 Å². The summed E-state index contributed by atoms with van der Waals surface area (Å²) in [5.74, 6) is 0.846. The van der Waals surface area contributed by atoms with Gasteiger partial charge in [0.15, 0.2) is 5.96 Å². The average Bonchev–Trinajstić information content (AvgIpc) is 3.23. The maximum atomic E-state index is 4.75. The highest BCUT2D eigenvalue weighted by atomic mass is 15.3. The van der Waals surface area contributed by atoms with Gasteiger partial charge in [0.25, 0.3) is 0 Å². The van der Waals surface area contributed by atoms with Crippen LogP contribution in [0.4, 0.5) is 0 Å². The lowest BCUT2D eigenvalue weighted by Gasteiger charge is -2.22. The fourth-order valence-corrected chi connectivity index (χ4v) is 2.58. The number of nitrogens with one attached hydrogen (secondary N) is 2. The van der Waals surface area contributed by atoms with Crippen molar-refractivity contribution < 1.29 is 0 Å². The van der Waals surface area contributed by atoms with Gasteiger partial charge in [0, 0.05) is 50.8 Å². The van der Waals surface area contributed by atoms with Crippen molar-refractivity contribution in [2.24, 2.45) is 12.0 Å². The minimum atomic E-state index is 0.202. The first kappa shape index (κ1) is 19.0. The van der Waals surface area contributed by atoms with Gasteiger partial charge in [-0.2, -0.15) is 10.2 Å². The number of likely N-dealkylation sites (N-methyl/N-ethyl adjacent to an activating group) is 1. The number of rotatable bonds is 9. The van der Waals surface area contributed by atoms with Crippen LogP contribution in [0.2, 0.25) is 0 Å². The Labute approximate surface area is 149 Å². The van der Waals surface area contributed by atoms with Crippen molar-refractivity contribution in [3.8, 4) is 0 Å². The Kier molecular flexibility index (Phi) is 7.46. The summed E-state index contributed by atoms with van der Waals surface area (Å²) in [7, 11) is 6.07. The molecule has 8 nitrogen and oxygen atoms in total. The van der Waals surface area contributed by atoms with E-state index in [0.29, 0.717) is 6.54 Å².